The minimum absolute atomic E-state index is 0.0746. The lowest BCUT2D eigenvalue weighted by molar-refractivity contribution is 0.0832. The van der Waals surface area contributed by atoms with E-state index >= 15 is 0 Å². The van der Waals surface area contributed by atoms with Crippen LogP contribution in [0.4, 0.5) is 0 Å². The van der Waals surface area contributed by atoms with Gasteiger partial charge in [0.1, 0.15) is 0 Å². The maximum Gasteiger partial charge on any atom is 0.305 e. The number of hydrogen-bond donors (Lipinski definition) is 2. The highest BCUT2D eigenvalue weighted by molar-refractivity contribution is 9.10. The highest BCUT2D eigenvalue weighted by atomic mass is 79.9. The Labute approximate surface area is 145 Å². The molecule has 0 atom stereocenters. The van der Waals surface area contributed by atoms with Crippen LogP contribution in [0, 0.1) is 0 Å². The Bertz CT molecular complexity index is 903. The molecule has 2 N–H and O–H groups in total. The number of halogens is 1. The van der Waals surface area contributed by atoms with Crippen molar-refractivity contribution in [3.63, 3.8) is 0 Å². The molecule has 3 rings (SSSR count). The monoisotopic (exact) mass is 388 g/mol. The zero-order chi connectivity index (χ0) is 17.1. The van der Waals surface area contributed by atoms with Crippen molar-refractivity contribution in [2.45, 2.75) is 0 Å². The van der Waals surface area contributed by atoms with E-state index in [4.69, 9.17) is 9.15 Å². The molecule has 0 radical (unpaired) electrons. The number of ether oxygens (including phenoxy) is 1. The second-order valence-electron chi connectivity index (χ2n) is 4.90. The number of hydrazine groups is 1. The molecule has 2 aromatic carbocycles. The molecule has 2 amide bonds. The summed E-state index contributed by atoms with van der Waals surface area (Å²) in [5.41, 5.74) is 5.57. The molecule has 0 bridgehead atoms. The van der Waals surface area contributed by atoms with Crippen LogP contribution in [0.15, 0.2) is 57.4 Å². The summed E-state index contributed by atoms with van der Waals surface area (Å²) in [5, 5.41) is 0.735. The van der Waals surface area contributed by atoms with Crippen LogP contribution in [0.2, 0.25) is 0 Å². The van der Waals surface area contributed by atoms with Crippen LogP contribution in [0.5, 0.6) is 5.75 Å². The first-order valence-electron chi connectivity index (χ1n) is 7.01. The number of furan rings is 1. The van der Waals surface area contributed by atoms with Crippen molar-refractivity contribution in [1.29, 1.82) is 0 Å². The molecule has 6 nitrogen and oxygen atoms in total. The maximum atomic E-state index is 12.1. The van der Waals surface area contributed by atoms with Crippen molar-refractivity contribution >= 4 is 38.7 Å². The van der Waals surface area contributed by atoms with E-state index in [9.17, 15) is 9.59 Å². The van der Waals surface area contributed by atoms with Gasteiger partial charge in [-0.15, -0.1) is 0 Å². The van der Waals surface area contributed by atoms with Gasteiger partial charge in [0.05, 0.1) is 7.11 Å². The fourth-order valence-electron chi connectivity index (χ4n) is 2.16. The fraction of sp³-hybridized carbons (Fsp3) is 0.0588. The second-order valence-corrected chi connectivity index (χ2v) is 5.82. The smallest absolute Gasteiger partial charge is 0.305 e. The van der Waals surface area contributed by atoms with Crippen LogP contribution in [-0.2, 0) is 0 Å². The van der Waals surface area contributed by atoms with Crippen LogP contribution < -0.4 is 15.6 Å². The third-order valence-electron chi connectivity index (χ3n) is 3.35. The van der Waals surface area contributed by atoms with Crippen molar-refractivity contribution in [2.24, 2.45) is 0 Å². The van der Waals surface area contributed by atoms with E-state index < -0.39 is 11.8 Å². The SMILES string of the molecule is COc1cccc2cc(C(=O)NNC(=O)c3ccc(Br)cc3)oc12. The molecule has 0 saturated carbocycles. The molecule has 3 aromatic rings. The van der Waals surface area contributed by atoms with Crippen molar-refractivity contribution in [3.8, 4) is 5.75 Å². The normalized spacial score (nSPS) is 10.4. The number of carbonyl (C=O) groups is 2. The highest BCUT2D eigenvalue weighted by Gasteiger charge is 2.15. The first-order valence-corrected chi connectivity index (χ1v) is 7.80. The molecule has 0 aliphatic carbocycles. The molecule has 122 valence electrons. The summed E-state index contributed by atoms with van der Waals surface area (Å²) in [5.74, 6) is -0.376. The minimum Gasteiger partial charge on any atom is -0.493 e. The summed E-state index contributed by atoms with van der Waals surface area (Å²) in [6.45, 7) is 0. The number of carbonyl (C=O) groups excluding carboxylic acids is 2. The predicted octanol–water partition coefficient (Wildman–Crippen LogP) is 3.28. The standard InChI is InChI=1S/C17H13BrN2O4/c1-23-13-4-2-3-11-9-14(24-15(11)13)17(22)20-19-16(21)10-5-7-12(18)8-6-10/h2-9H,1H3,(H,19,21)(H,20,22). The molecule has 1 aromatic heterocycles. The lowest BCUT2D eigenvalue weighted by Gasteiger charge is -2.05. The van der Waals surface area contributed by atoms with Crippen LogP contribution in [0.3, 0.4) is 0 Å². The largest absolute Gasteiger partial charge is 0.493 e. The second kappa shape index (κ2) is 6.76. The molecule has 0 unspecified atom stereocenters. The van der Waals surface area contributed by atoms with Gasteiger partial charge >= 0.3 is 5.91 Å². The summed E-state index contributed by atoms with van der Waals surface area (Å²) >= 11 is 3.29. The molecule has 0 aliphatic rings. The molecular formula is C17H13BrN2O4. The number of benzene rings is 2. The van der Waals surface area contributed by atoms with Gasteiger partial charge in [0.15, 0.2) is 17.1 Å². The van der Waals surface area contributed by atoms with Gasteiger partial charge in [-0.05, 0) is 36.4 Å². The summed E-state index contributed by atoms with van der Waals surface area (Å²) in [6.07, 6.45) is 0. The van der Waals surface area contributed by atoms with Gasteiger partial charge in [0, 0.05) is 15.4 Å². The van der Waals surface area contributed by atoms with E-state index in [0.29, 0.717) is 16.9 Å². The number of nitrogens with one attached hydrogen (secondary N) is 2. The van der Waals surface area contributed by atoms with Gasteiger partial charge < -0.3 is 9.15 Å². The number of fused-ring (bicyclic) bond motifs is 1. The number of amides is 2. The van der Waals surface area contributed by atoms with Crippen molar-refractivity contribution in [3.05, 3.63) is 64.3 Å². The molecule has 0 spiro atoms. The van der Waals surface area contributed by atoms with E-state index in [2.05, 4.69) is 26.8 Å². The van der Waals surface area contributed by atoms with Gasteiger partial charge in [-0.3, -0.25) is 20.4 Å². The predicted molar refractivity (Wildman–Crippen MR) is 91.8 cm³/mol. The highest BCUT2D eigenvalue weighted by Crippen LogP contribution is 2.28. The van der Waals surface area contributed by atoms with E-state index in [0.717, 1.165) is 9.86 Å². The van der Waals surface area contributed by atoms with E-state index in [1.807, 2.05) is 0 Å². The summed E-state index contributed by atoms with van der Waals surface area (Å²) in [7, 11) is 1.52. The third kappa shape index (κ3) is 3.26. The summed E-state index contributed by atoms with van der Waals surface area (Å²) in [6, 6.07) is 13.7. The average molecular weight is 389 g/mol. The summed E-state index contributed by atoms with van der Waals surface area (Å²) in [4.78, 5) is 24.1. The zero-order valence-corrected chi connectivity index (χ0v) is 14.2. The fourth-order valence-corrected chi connectivity index (χ4v) is 2.42. The Morgan fingerprint density at radius 3 is 2.46 bits per heavy atom. The van der Waals surface area contributed by atoms with Gasteiger partial charge in [0.25, 0.3) is 5.91 Å². The quantitative estimate of drug-likeness (QED) is 0.674. The Morgan fingerprint density at radius 1 is 1.04 bits per heavy atom. The van der Waals surface area contributed by atoms with Crippen LogP contribution >= 0.6 is 15.9 Å². The third-order valence-corrected chi connectivity index (χ3v) is 3.88. The minimum atomic E-state index is -0.557. The molecule has 0 fully saturated rings. The van der Waals surface area contributed by atoms with Gasteiger partial charge in [-0.25, -0.2) is 0 Å². The molecule has 0 aliphatic heterocycles. The van der Waals surface area contributed by atoms with Gasteiger partial charge in [-0.1, -0.05) is 28.1 Å². The van der Waals surface area contributed by atoms with Crippen molar-refractivity contribution < 1.29 is 18.7 Å². The first kappa shape index (κ1) is 16.1. The molecule has 1 heterocycles. The lowest BCUT2D eigenvalue weighted by atomic mass is 10.2. The van der Waals surface area contributed by atoms with Crippen LogP contribution in [0.25, 0.3) is 11.0 Å². The van der Waals surface area contributed by atoms with Crippen LogP contribution in [-0.4, -0.2) is 18.9 Å². The molecule has 0 saturated heterocycles. The number of methoxy groups -OCH3 is 1. The zero-order valence-electron chi connectivity index (χ0n) is 12.6. The Hall–Kier alpha value is -2.80. The number of rotatable bonds is 3. The topological polar surface area (TPSA) is 80.6 Å². The number of hydrogen-bond acceptors (Lipinski definition) is 4. The van der Waals surface area contributed by atoms with E-state index in [1.165, 1.54) is 7.11 Å². The average Bonchev–Trinajstić information content (AvgIpc) is 3.04. The van der Waals surface area contributed by atoms with Gasteiger partial charge in [-0.2, -0.15) is 0 Å². The number of para-hydroxylation sites is 1. The lowest BCUT2D eigenvalue weighted by Crippen LogP contribution is -2.41. The van der Waals surface area contributed by atoms with Gasteiger partial charge in [0.2, 0.25) is 0 Å². The van der Waals surface area contributed by atoms with Crippen molar-refractivity contribution in [2.75, 3.05) is 7.11 Å². The van der Waals surface area contributed by atoms with E-state index in [1.54, 1.807) is 48.5 Å². The molecular weight excluding hydrogens is 376 g/mol. The maximum absolute atomic E-state index is 12.1. The molecule has 24 heavy (non-hydrogen) atoms. The Balaban J connectivity index is 1.71. The summed E-state index contributed by atoms with van der Waals surface area (Å²) < 4.78 is 11.6. The van der Waals surface area contributed by atoms with Crippen LogP contribution in [0.1, 0.15) is 20.9 Å². The Morgan fingerprint density at radius 2 is 1.75 bits per heavy atom. The van der Waals surface area contributed by atoms with Crippen molar-refractivity contribution in [1.82, 2.24) is 10.9 Å². The first-order chi connectivity index (χ1) is 11.6. The Kier molecular flexibility index (Phi) is 4.52. The molecule has 7 heteroatoms. The van der Waals surface area contributed by atoms with E-state index in [-0.39, 0.29) is 5.76 Å².